The molecule has 0 saturated heterocycles. The summed E-state index contributed by atoms with van der Waals surface area (Å²) < 4.78 is 53.9. The van der Waals surface area contributed by atoms with Gasteiger partial charge in [0.15, 0.2) is 9.84 Å². The lowest BCUT2D eigenvalue weighted by Crippen LogP contribution is -2.09. The number of benzene rings is 3. The van der Waals surface area contributed by atoms with E-state index >= 15 is 0 Å². The number of hydrogen-bond donors (Lipinski definition) is 1. The Kier molecular flexibility index (Phi) is 5.49. The van der Waals surface area contributed by atoms with Crippen LogP contribution in [0.1, 0.15) is 15.9 Å². The number of carbonyl (C=O) groups is 1. The average Bonchev–Trinajstić information content (AvgIpc) is 2.64. The second-order valence-corrected chi connectivity index (χ2v) is 8.46. The maximum atomic E-state index is 14.3. The van der Waals surface area contributed by atoms with Crippen molar-refractivity contribution in [3.05, 3.63) is 88.4 Å². The van der Waals surface area contributed by atoms with E-state index in [9.17, 15) is 22.0 Å². The van der Waals surface area contributed by atoms with Crippen molar-refractivity contribution >= 4 is 27.4 Å². The molecule has 0 unspecified atom stereocenters. The van der Waals surface area contributed by atoms with Gasteiger partial charge in [-0.05, 0) is 29.8 Å². The molecule has 8 heteroatoms. The SMILES string of the molecule is O=C(O)c1cc(Cl)cc(S(=O)(=O)Cc2cc(-c3ccccc3)c(F)cc2F)c1. The molecular formula is C20H13ClF2O4S. The molecule has 0 fully saturated rings. The first-order chi connectivity index (χ1) is 13.2. The molecule has 4 nitrogen and oxygen atoms in total. The van der Waals surface area contributed by atoms with Gasteiger partial charge in [-0.1, -0.05) is 41.9 Å². The third-order valence-electron chi connectivity index (χ3n) is 4.04. The van der Waals surface area contributed by atoms with Crippen molar-refractivity contribution in [2.75, 3.05) is 0 Å². The summed E-state index contributed by atoms with van der Waals surface area (Å²) >= 11 is 5.81. The van der Waals surface area contributed by atoms with Gasteiger partial charge in [-0.3, -0.25) is 0 Å². The van der Waals surface area contributed by atoms with E-state index in [2.05, 4.69) is 0 Å². The van der Waals surface area contributed by atoms with E-state index in [0.29, 0.717) is 11.6 Å². The van der Waals surface area contributed by atoms with Gasteiger partial charge in [0.2, 0.25) is 0 Å². The number of aromatic carboxylic acids is 1. The summed E-state index contributed by atoms with van der Waals surface area (Å²) in [7, 11) is -4.14. The van der Waals surface area contributed by atoms with Gasteiger partial charge >= 0.3 is 5.97 Å². The molecule has 0 radical (unpaired) electrons. The largest absolute Gasteiger partial charge is 0.478 e. The lowest BCUT2D eigenvalue weighted by molar-refractivity contribution is 0.0696. The molecule has 0 spiro atoms. The molecule has 28 heavy (non-hydrogen) atoms. The summed E-state index contributed by atoms with van der Waals surface area (Å²) in [5.41, 5.74) is -0.0215. The Labute approximate surface area is 164 Å². The third kappa shape index (κ3) is 4.21. The van der Waals surface area contributed by atoms with E-state index in [1.807, 2.05) is 0 Å². The fourth-order valence-electron chi connectivity index (χ4n) is 2.70. The van der Waals surface area contributed by atoms with Gasteiger partial charge in [-0.15, -0.1) is 0 Å². The predicted octanol–water partition coefficient (Wildman–Crippen LogP) is 4.96. The summed E-state index contributed by atoms with van der Waals surface area (Å²) in [5, 5.41) is 8.99. The number of sulfone groups is 1. The minimum atomic E-state index is -4.14. The Hall–Kier alpha value is -2.77. The van der Waals surface area contributed by atoms with Crippen molar-refractivity contribution in [2.45, 2.75) is 10.6 Å². The monoisotopic (exact) mass is 422 g/mol. The van der Waals surface area contributed by atoms with Crippen LogP contribution in [0.2, 0.25) is 5.02 Å². The van der Waals surface area contributed by atoms with E-state index in [1.54, 1.807) is 30.3 Å². The molecule has 0 heterocycles. The fourth-order valence-corrected chi connectivity index (χ4v) is 4.41. The maximum absolute atomic E-state index is 14.3. The molecule has 0 saturated carbocycles. The second kappa shape index (κ2) is 7.69. The first kappa shape index (κ1) is 20.0. The molecule has 0 atom stereocenters. The third-order valence-corrected chi connectivity index (χ3v) is 5.91. The number of carboxylic acids is 1. The van der Waals surface area contributed by atoms with Gasteiger partial charge in [0.05, 0.1) is 16.2 Å². The molecule has 144 valence electrons. The van der Waals surface area contributed by atoms with Crippen molar-refractivity contribution in [2.24, 2.45) is 0 Å². The fraction of sp³-hybridized carbons (Fsp3) is 0.0500. The summed E-state index contributed by atoms with van der Waals surface area (Å²) in [6.45, 7) is 0. The van der Waals surface area contributed by atoms with Crippen LogP contribution >= 0.6 is 11.6 Å². The molecule has 0 bridgehead atoms. The zero-order valence-electron chi connectivity index (χ0n) is 14.2. The van der Waals surface area contributed by atoms with Crippen LogP contribution < -0.4 is 0 Å². The van der Waals surface area contributed by atoms with Crippen LogP contribution in [0.25, 0.3) is 11.1 Å². The van der Waals surface area contributed by atoms with E-state index in [-0.39, 0.29) is 26.6 Å². The minimum Gasteiger partial charge on any atom is -0.478 e. The van der Waals surface area contributed by atoms with Crippen LogP contribution in [0.4, 0.5) is 8.78 Å². The van der Waals surface area contributed by atoms with Gasteiger partial charge in [-0.2, -0.15) is 0 Å². The zero-order chi connectivity index (χ0) is 20.5. The molecule has 3 rings (SSSR count). The summed E-state index contributed by atoms with van der Waals surface area (Å²) in [4.78, 5) is 10.8. The van der Waals surface area contributed by atoms with Gasteiger partial charge in [-0.25, -0.2) is 22.0 Å². The highest BCUT2D eigenvalue weighted by molar-refractivity contribution is 7.90. The van der Waals surface area contributed by atoms with E-state index < -0.39 is 33.2 Å². The number of hydrogen-bond acceptors (Lipinski definition) is 3. The normalized spacial score (nSPS) is 11.4. The Balaban J connectivity index is 2.05. The van der Waals surface area contributed by atoms with Crippen molar-refractivity contribution in [3.63, 3.8) is 0 Å². The summed E-state index contributed by atoms with van der Waals surface area (Å²) in [6, 6.07) is 13.2. The van der Waals surface area contributed by atoms with E-state index in [4.69, 9.17) is 16.7 Å². The quantitative estimate of drug-likeness (QED) is 0.631. The van der Waals surface area contributed by atoms with Gasteiger partial charge in [0.1, 0.15) is 11.6 Å². The highest BCUT2D eigenvalue weighted by Gasteiger charge is 2.22. The van der Waals surface area contributed by atoms with Crippen LogP contribution in [0.15, 0.2) is 65.6 Å². The molecule has 1 N–H and O–H groups in total. The highest BCUT2D eigenvalue weighted by atomic mass is 35.5. The molecule has 3 aromatic rings. The van der Waals surface area contributed by atoms with Gasteiger partial charge < -0.3 is 5.11 Å². The Bertz CT molecular complexity index is 1160. The van der Waals surface area contributed by atoms with Gasteiger partial charge in [0.25, 0.3) is 0 Å². The Morgan fingerprint density at radius 1 is 0.964 bits per heavy atom. The Morgan fingerprint density at radius 2 is 1.64 bits per heavy atom. The van der Waals surface area contributed by atoms with E-state index in [0.717, 1.165) is 24.3 Å². The second-order valence-electron chi connectivity index (χ2n) is 6.03. The molecule has 3 aromatic carbocycles. The molecular weight excluding hydrogens is 410 g/mol. The summed E-state index contributed by atoms with van der Waals surface area (Å²) in [5.74, 6) is -3.96. The predicted molar refractivity (Wildman–Crippen MR) is 101 cm³/mol. The van der Waals surface area contributed by atoms with Crippen LogP contribution in [-0.4, -0.2) is 19.5 Å². The smallest absolute Gasteiger partial charge is 0.335 e. The molecule has 0 aliphatic carbocycles. The number of halogens is 3. The standard InChI is InChI=1S/C20H13ClF2O4S/c21-15-6-13(20(24)25)7-16(9-15)28(26,27)11-14-8-17(19(23)10-18(14)22)12-4-2-1-3-5-12/h1-10H,11H2,(H,24,25). The molecule has 0 aromatic heterocycles. The Morgan fingerprint density at radius 3 is 2.29 bits per heavy atom. The first-order valence-corrected chi connectivity index (χ1v) is 10.0. The van der Waals surface area contributed by atoms with Crippen LogP contribution in [-0.2, 0) is 15.6 Å². The molecule has 0 amide bonds. The van der Waals surface area contributed by atoms with E-state index in [1.165, 1.54) is 0 Å². The minimum absolute atomic E-state index is 0.0597. The highest BCUT2D eigenvalue weighted by Crippen LogP contribution is 2.29. The van der Waals surface area contributed by atoms with Crippen LogP contribution in [0.5, 0.6) is 0 Å². The first-order valence-electron chi connectivity index (χ1n) is 7.97. The number of carboxylic acid groups (broad SMARTS) is 1. The lowest BCUT2D eigenvalue weighted by atomic mass is 10.0. The van der Waals surface area contributed by atoms with Crippen molar-refractivity contribution < 1.29 is 27.1 Å². The summed E-state index contributed by atoms with van der Waals surface area (Å²) in [6.07, 6.45) is 0. The van der Waals surface area contributed by atoms with Crippen LogP contribution in [0.3, 0.4) is 0 Å². The number of rotatable bonds is 5. The molecule has 0 aliphatic heterocycles. The van der Waals surface area contributed by atoms with Crippen LogP contribution in [0, 0.1) is 11.6 Å². The lowest BCUT2D eigenvalue weighted by Gasteiger charge is -2.11. The van der Waals surface area contributed by atoms with Gasteiger partial charge in [0, 0.05) is 22.2 Å². The average molecular weight is 423 g/mol. The zero-order valence-corrected chi connectivity index (χ0v) is 15.8. The molecule has 0 aliphatic rings. The maximum Gasteiger partial charge on any atom is 0.335 e. The topological polar surface area (TPSA) is 71.4 Å². The van der Waals surface area contributed by atoms with Crippen molar-refractivity contribution in [3.8, 4) is 11.1 Å². The van der Waals surface area contributed by atoms with Crippen molar-refractivity contribution in [1.29, 1.82) is 0 Å². The van der Waals surface area contributed by atoms with Crippen molar-refractivity contribution in [1.82, 2.24) is 0 Å².